The lowest BCUT2D eigenvalue weighted by atomic mass is 9.94. The summed E-state index contributed by atoms with van der Waals surface area (Å²) in [5, 5.41) is 4.45. The summed E-state index contributed by atoms with van der Waals surface area (Å²) in [4.78, 5) is 19.4. The van der Waals surface area contributed by atoms with Crippen LogP contribution in [-0.4, -0.2) is 19.9 Å². The fourth-order valence-corrected chi connectivity index (χ4v) is 7.06. The summed E-state index contributed by atoms with van der Waals surface area (Å²) in [6.45, 7) is 0. The van der Waals surface area contributed by atoms with Crippen LogP contribution in [-0.2, 0) is 0 Å². The molecule has 5 nitrogen and oxygen atoms in total. The highest BCUT2D eigenvalue weighted by atomic mass is 16.3. The molecule has 0 saturated heterocycles. The van der Waals surface area contributed by atoms with Gasteiger partial charge in [0, 0.05) is 39.9 Å². The predicted octanol–water partition coefficient (Wildman–Crippen LogP) is 10.6. The van der Waals surface area contributed by atoms with Gasteiger partial charge in [-0.05, 0) is 56.3 Å². The number of hydrogen-bond donors (Lipinski definition) is 0. The molecule has 0 saturated carbocycles. The Morgan fingerprint density at radius 2 is 0.979 bits per heavy atom. The molecule has 47 heavy (non-hydrogen) atoms. The molecular weight excluding hydrogens is 576 g/mol. The van der Waals surface area contributed by atoms with Crippen molar-refractivity contribution >= 4 is 32.7 Å². The van der Waals surface area contributed by atoms with Crippen molar-refractivity contribution in [3.63, 3.8) is 0 Å². The summed E-state index contributed by atoms with van der Waals surface area (Å²) < 4.78 is 6.16. The van der Waals surface area contributed by atoms with E-state index in [9.17, 15) is 0 Å². The maximum Gasteiger partial charge on any atom is 0.164 e. The Bertz CT molecular complexity index is 2650. The lowest BCUT2D eigenvalue weighted by molar-refractivity contribution is 0.668. The first kappa shape index (κ1) is 25.8. The Hall–Kier alpha value is -6.46. The molecule has 0 aliphatic heterocycles. The van der Waals surface area contributed by atoms with Crippen molar-refractivity contribution in [3.8, 4) is 67.5 Å². The van der Waals surface area contributed by atoms with Gasteiger partial charge in [0.15, 0.2) is 17.5 Å². The zero-order valence-electron chi connectivity index (χ0n) is 25.1. The zero-order valence-corrected chi connectivity index (χ0v) is 25.1. The smallest absolute Gasteiger partial charge is 0.164 e. The highest BCUT2D eigenvalue weighted by Gasteiger charge is 2.22. The minimum atomic E-state index is 0.585. The first-order chi connectivity index (χ1) is 23.3. The van der Waals surface area contributed by atoms with Crippen LogP contribution in [0.15, 0.2) is 150 Å². The van der Waals surface area contributed by atoms with Crippen LogP contribution in [0.25, 0.3) is 100 Å². The Morgan fingerprint density at radius 3 is 1.79 bits per heavy atom. The molecule has 0 spiro atoms. The van der Waals surface area contributed by atoms with Gasteiger partial charge in [-0.2, -0.15) is 0 Å². The first-order valence-electron chi connectivity index (χ1n) is 15.6. The van der Waals surface area contributed by atoms with E-state index in [1.165, 1.54) is 38.6 Å². The average Bonchev–Trinajstić information content (AvgIpc) is 3.69. The van der Waals surface area contributed by atoms with E-state index >= 15 is 0 Å². The number of pyridine rings is 1. The minimum Gasteiger partial charge on any atom is -0.456 e. The van der Waals surface area contributed by atoms with Gasteiger partial charge in [-0.15, -0.1) is 0 Å². The van der Waals surface area contributed by atoms with Crippen LogP contribution < -0.4 is 0 Å². The van der Waals surface area contributed by atoms with E-state index in [0.29, 0.717) is 17.5 Å². The van der Waals surface area contributed by atoms with Crippen molar-refractivity contribution < 1.29 is 4.42 Å². The number of benzene rings is 6. The molecule has 9 aromatic rings. The maximum absolute atomic E-state index is 6.16. The second-order valence-corrected chi connectivity index (χ2v) is 11.8. The largest absolute Gasteiger partial charge is 0.456 e. The molecule has 0 unspecified atom stereocenters. The monoisotopic (exact) mass is 600 g/mol. The Kier molecular flexibility index (Phi) is 5.51. The van der Waals surface area contributed by atoms with Crippen LogP contribution in [0.2, 0.25) is 0 Å². The summed E-state index contributed by atoms with van der Waals surface area (Å²) in [7, 11) is 0. The topological polar surface area (TPSA) is 64.7 Å². The Balaban J connectivity index is 1.12. The Morgan fingerprint density at radius 1 is 0.362 bits per heavy atom. The quantitative estimate of drug-likeness (QED) is 0.201. The molecule has 0 bridgehead atoms. The number of nitrogens with zero attached hydrogens (tertiary/aromatic N) is 4. The highest BCUT2D eigenvalue weighted by Crippen LogP contribution is 2.49. The van der Waals surface area contributed by atoms with Crippen molar-refractivity contribution in [1.82, 2.24) is 19.9 Å². The second-order valence-electron chi connectivity index (χ2n) is 11.8. The molecule has 0 fully saturated rings. The molecule has 0 N–H and O–H groups in total. The molecule has 0 amide bonds. The van der Waals surface area contributed by atoms with Crippen molar-refractivity contribution in [3.05, 3.63) is 146 Å². The summed E-state index contributed by atoms with van der Waals surface area (Å²) in [6.07, 6.45) is 3.58. The Labute approximate surface area is 269 Å². The van der Waals surface area contributed by atoms with Crippen molar-refractivity contribution in [2.75, 3.05) is 0 Å². The van der Waals surface area contributed by atoms with Crippen LogP contribution in [0.4, 0.5) is 0 Å². The third kappa shape index (κ3) is 3.97. The molecule has 3 aromatic heterocycles. The van der Waals surface area contributed by atoms with Crippen molar-refractivity contribution in [2.24, 2.45) is 0 Å². The van der Waals surface area contributed by atoms with Crippen LogP contribution in [0.1, 0.15) is 0 Å². The van der Waals surface area contributed by atoms with Crippen molar-refractivity contribution in [2.45, 2.75) is 0 Å². The van der Waals surface area contributed by atoms with Gasteiger partial charge in [0.1, 0.15) is 11.2 Å². The van der Waals surface area contributed by atoms with Crippen LogP contribution in [0.3, 0.4) is 0 Å². The first-order valence-corrected chi connectivity index (χ1v) is 15.6. The van der Waals surface area contributed by atoms with E-state index < -0.39 is 0 Å². The fourth-order valence-electron chi connectivity index (χ4n) is 7.06. The van der Waals surface area contributed by atoms with E-state index in [-0.39, 0.29) is 0 Å². The SMILES string of the molecule is c1ccc(-c2nc(-c3ccc(-c4ccc5c6c(cccc46)-c4ccccc4-5)cc3)nc(-c3cccc4oc5ccncc5c34)n2)cc1. The van der Waals surface area contributed by atoms with E-state index in [2.05, 4.69) is 83.8 Å². The van der Waals surface area contributed by atoms with E-state index in [4.69, 9.17) is 19.4 Å². The summed E-state index contributed by atoms with van der Waals surface area (Å²) in [5.74, 6) is 1.81. The van der Waals surface area contributed by atoms with Crippen LogP contribution >= 0.6 is 0 Å². The normalized spacial score (nSPS) is 11.8. The van der Waals surface area contributed by atoms with E-state index in [1.54, 1.807) is 6.20 Å². The lowest BCUT2D eigenvalue weighted by Gasteiger charge is -2.11. The lowest BCUT2D eigenvalue weighted by Crippen LogP contribution is -2.00. The van der Waals surface area contributed by atoms with Gasteiger partial charge in [0.2, 0.25) is 0 Å². The standard InChI is InChI=1S/C42H24N4O/c1-2-8-26(9-3-1)40-44-41(46-42(45-40)34-14-7-15-37-39(34)35-24-43-23-22-36(35)47-37)27-18-16-25(17-19-27)28-20-21-33-30-11-5-4-10-29(30)32-13-6-12-31(28)38(32)33/h1-24H. The third-order valence-corrected chi connectivity index (χ3v) is 9.21. The molecule has 3 heterocycles. The van der Waals surface area contributed by atoms with Gasteiger partial charge in [0.25, 0.3) is 0 Å². The number of furan rings is 1. The number of fused-ring (bicyclic) bond motifs is 6. The van der Waals surface area contributed by atoms with Gasteiger partial charge < -0.3 is 4.42 Å². The minimum absolute atomic E-state index is 0.585. The third-order valence-electron chi connectivity index (χ3n) is 9.21. The number of rotatable bonds is 4. The van der Waals surface area contributed by atoms with E-state index in [1.807, 2.05) is 60.8 Å². The molecule has 1 aliphatic carbocycles. The molecule has 0 atom stereocenters. The van der Waals surface area contributed by atoms with Gasteiger partial charge in [0.05, 0.1) is 0 Å². The fraction of sp³-hybridized carbons (Fsp3) is 0. The van der Waals surface area contributed by atoms with Crippen LogP contribution in [0, 0.1) is 0 Å². The zero-order chi connectivity index (χ0) is 30.9. The van der Waals surface area contributed by atoms with Gasteiger partial charge in [-0.3, -0.25) is 4.98 Å². The highest BCUT2D eigenvalue weighted by molar-refractivity contribution is 6.18. The molecule has 218 valence electrons. The molecular formula is C42H24N4O. The molecule has 5 heteroatoms. The summed E-state index contributed by atoms with van der Waals surface area (Å²) >= 11 is 0. The van der Waals surface area contributed by atoms with E-state index in [0.717, 1.165) is 44.2 Å². The summed E-state index contributed by atoms with van der Waals surface area (Å²) in [6, 6.07) is 46.3. The van der Waals surface area contributed by atoms with Crippen LogP contribution in [0.5, 0.6) is 0 Å². The molecule has 10 rings (SSSR count). The number of hydrogen-bond acceptors (Lipinski definition) is 5. The maximum atomic E-state index is 6.16. The van der Waals surface area contributed by atoms with Gasteiger partial charge >= 0.3 is 0 Å². The van der Waals surface area contributed by atoms with Gasteiger partial charge in [-0.25, -0.2) is 15.0 Å². The average molecular weight is 601 g/mol. The predicted molar refractivity (Wildman–Crippen MR) is 189 cm³/mol. The molecule has 6 aromatic carbocycles. The van der Waals surface area contributed by atoms with Crippen molar-refractivity contribution in [1.29, 1.82) is 0 Å². The molecule has 1 aliphatic rings. The number of aromatic nitrogens is 4. The van der Waals surface area contributed by atoms with Gasteiger partial charge in [-0.1, -0.05) is 121 Å². The summed E-state index contributed by atoms with van der Waals surface area (Å²) in [5.41, 5.74) is 11.8. The second kappa shape index (κ2) is 10.0. The molecule has 0 radical (unpaired) electrons.